The fourth-order valence-corrected chi connectivity index (χ4v) is 2.05. The quantitative estimate of drug-likeness (QED) is 0.701. The Labute approximate surface area is 124 Å². The Morgan fingerprint density at radius 2 is 2.15 bits per heavy atom. The number of rotatable bonds is 9. The molecule has 1 N–H and O–H groups in total. The molecule has 1 aromatic heterocycles. The topological polar surface area (TPSA) is 28.2 Å². The van der Waals surface area contributed by atoms with Gasteiger partial charge in [0.2, 0.25) is 0 Å². The molecule has 3 heteroatoms. The van der Waals surface area contributed by atoms with Crippen LogP contribution >= 0.6 is 0 Å². The normalized spacial score (nSPS) is 11.3. The van der Waals surface area contributed by atoms with Crippen LogP contribution in [0.2, 0.25) is 0 Å². The van der Waals surface area contributed by atoms with Crippen molar-refractivity contribution >= 4 is 0 Å². The van der Waals surface area contributed by atoms with Crippen LogP contribution in [0.1, 0.15) is 39.0 Å². The SMILES string of the molecule is C=C(C)CN(CC)Cc1ccc(CNCC(C)C)cn1. The molecule has 0 bridgehead atoms. The minimum Gasteiger partial charge on any atom is -0.312 e. The largest absolute Gasteiger partial charge is 0.312 e. The van der Waals surface area contributed by atoms with E-state index in [9.17, 15) is 0 Å². The van der Waals surface area contributed by atoms with Crippen LogP contribution < -0.4 is 5.32 Å². The van der Waals surface area contributed by atoms with Gasteiger partial charge in [0.05, 0.1) is 5.69 Å². The number of pyridine rings is 1. The van der Waals surface area contributed by atoms with Crippen molar-refractivity contribution in [2.45, 2.75) is 40.8 Å². The molecule has 0 saturated heterocycles. The summed E-state index contributed by atoms with van der Waals surface area (Å²) in [6, 6.07) is 4.30. The Bertz CT molecular complexity index is 395. The van der Waals surface area contributed by atoms with E-state index in [0.717, 1.165) is 38.4 Å². The average Bonchev–Trinajstić information content (AvgIpc) is 2.39. The maximum atomic E-state index is 4.56. The van der Waals surface area contributed by atoms with E-state index in [-0.39, 0.29) is 0 Å². The number of aromatic nitrogens is 1. The molecule has 0 aliphatic rings. The van der Waals surface area contributed by atoms with Crippen LogP contribution in [0.15, 0.2) is 30.5 Å². The number of hydrogen-bond donors (Lipinski definition) is 1. The summed E-state index contributed by atoms with van der Waals surface area (Å²) in [7, 11) is 0. The molecule has 0 fully saturated rings. The zero-order valence-electron chi connectivity index (χ0n) is 13.4. The third kappa shape index (κ3) is 6.83. The average molecular weight is 275 g/mol. The molecule has 0 atom stereocenters. The van der Waals surface area contributed by atoms with Crippen LogP contribution in [-0.4, -0.2) is 29.5 Å². The molecule has 0 aromatic carbocycles. The molecule has 1 heterocycles. The zero-order valence-corrected chi connectivity index (χ0v) is 13.4. The first-order chi connectivity index (χ1) is 9.51. The molecule has 0 amide bonds. The van der Waals surface area contributed by atoms with Crippen molar-refractivity contribution < 1.29 is 0 Å². The van der Waals surface area contributed by atoms with Crippen molar-refractivity contribution in [2.24, 2.45) is 5.92 Å². The molecule has 1 rings (SSSR count). The van der Waals surface area contributed by atoms with Gasteiger partial charge in [-0.2, -0.15) is 0 Å². The van der Waals surface area contributed by atoms with E-state index in [0.29, 0.717) is 5.92 Å². The van der Waals surface area contributed by atoms with E-state index in [1.165, 1.54) is 11.1 Å². The first-order valence-electron chi connectivity index (χ1n) is 7.52. The van der Waals surface area contributed by atoms with E-state index in [4.69, 9.17) is 0 Å². The highest BCUT2D eigenvalue weighted by Crippen LogP contribution is 2.06. The van der Waals surface area contributed by atoms with Gasteiger partial charge < -0.3 is 5.32 Å². The molecule has 0 aliphatic heterocycles. The van der Waals surface area contributed by atoms with Gasteiger partial charge in [0, 0.05) is 25.8 Å². The highest BCUT2D eigenvalue weighted by molar-refractivity contribution is 5.14. The van der Waals surface area contributed by atoms with Crippen molar-refractivity contribution in [1.29, 1.82) is 0 Å². The highest BCUT2D eigenvalue weighted by Gasteiger charge is 2.05. The van der Waals surface area contributed by atoms with Crippen LogP contribution in [0.4, 0.5) is 0 Å². The minimum atomic E-state index is 0.683. The lowest BCUT2D eigenvalue weighted by atomic mass is 10.2. The maximum absolute atomic E-state index is 4.56. The van der Waals surface area contributed by atoms with Gasteiger partial charge in [-0.1, -0.05) is 39.0 Å². The van der Waals surface area contributed by atoms with Gasteiger partial charge in [0.15, 0.2) is 0 Å². The van der Waals surface area contributed by atoms with Crippen LogP contribution in [0.25, 0.3) is 0 Å². The minimum absolute atomic E-state index is 0.683. The summed E-state index contributed by atoms with van der Waals surface area (Å²) in [5.74, 6) is 0.683. The molecule has 3 nitrogen and oxygen atoms in total. The Morgan fingerprint density at radius 1 is 1.40 bits per heavy atom. The molecule has 0 saturated carbocycles. The molecule has 112 valence electrons. The number of hydrogen-bond acceptors (Lipinski definition) is 3. The van der Waals surface area contributed by atoms with E-state index in [1.807, 2.05) is 6.20 Å². The molecule has 0 spiro atoms. The van der Waals surface area contributed by atoms with Crippen LogP contribution in [0, 0.1) is 5.92 Å². The van der Waals surface area contributed by atoms with Crippen molar-refractivity contribution in [1.82, 2.24) is 15.2 Å². The van der Waals surface area contributed by atoms with Gasteiger partial charge in [0.25, 0.3) is 0 Å². The lowest BCUT2D eigenvalue weighted by Gasteiger charge is -2.20. The van der Waals surface area contributed by atoms with Gasteiger partial charge in [0.1, 0.15) is 0 Å². The highest BCUT2D eigenvalue weighted by atomic mass is 15.1. The fourth-order valence-electron chi connectivity index (χ4n) is 2.05. The predicted octanol–water partition coefficient (Wildman–Crippen LogP) is 3.23. The molecule has 20 heavy (non-hydrogen) atoms. The van der Waals surface area contributed by atoms with Gasteiger partial charge >= 0.3 is 0 Å². The van der Waals surface area contributed by atoms with Crippen LogP contribution in [-0.2, 0) is 13.1 Å². The second-order valence-corrected chi connectivity index (χ2v) is 5.94. The third-order valence-electron chi connectivity index (χ3n) is 3.09. The number of nitrogens with zero attached hydrogens (tertiary/aromatic N) is 2. The Morgan fingerprint density at radius 3 is 2.65 bits per heavy atom. The van der Waals surface area contributed by atoms with Crippen molar-refractivity contribution in [3.05, 3.63) is 41.7 Å². The smallest absolute Gasteiger partial charge is 0.0544 e. The first kappa shape index (κ1) is 16.9. The molecule has 0 aliphatic carbocycles. The summed E-state index contributed by atoms with van der Waals surface area (Å²) in [5, 5.41) is 3.44. The first-order valence-corrected chi connectivity index (χ1v) is 7.52. The molecular weight excluding hydrogens is 246 g/mol. The molecule has 0 radical (unpaired) electrons. The summed E-state index contributed by atoms with van der Waals surface area (Å²) in [4.78, 5) is 6.91. The van der Waals surface area contributed by atoms with Gasteiger partial charge in [-0.25, -0.2) is 0 Å². The summed E-state index contributed by atoms with van der Waals surface area (Å²) in [5.41, 5.74) is 3.57. The number of nitrogens with one attached hydrogen (secondary N) is 1. The maximum Gasteiger partial charge on any atom is 0.0544 e. The van der Waals surface area contributed by atoms with Gasteiger partial charge in [-0.3, -0.25) is 9.88 Å². The standard InChI is InChI=1S/C17H29N3/c1-6-20(12-15(4)5)13-17-8-7-16(11-19-17)10-18-9-14(2)3/h7-8,11,14,18H,4,6,9-10,12-13H2,1-3,5H3. The monoisotopic (exact) mass is 275 g/mol. The second-order valence-electron chi connectivity index (χ2n) is 5.94. The van der Waals surface area contributed by atoms with E-state index in [2.05, 4.69) is 61.6 Å². The van der Waals surface area contributed by atoms with Gasteiger partial charge in [-0.05, 0) is 37.6 Å². The van der Waals surface area contributed by atoms with Crippen LogP contribution in [0.5, 0.6) is 0 Å². The summed E-state index contributed by atoms with van der Waals surface area (Å²) in [6.45, 7) is 17.4. The van der Waals surface area contributed by atoms with Crippen molar-refractivity contribution in [2.75, 3.05) is 19.6 Å². The molecule has 0 unspecified atom stereocenters. The van der Waals surface area contributed by atoms with Crippen LogP contribution in [0.3, 0.4) is 0 Å². The second kappa shape index (κ2) is 8.88. The molecule has 1 aromatic rings. The summed E-state index contributed by atoms with van der Waals surface area (Å²) in [6.07, 6.45) is 1.98. The Kier molecular flexibility index (Phi) is 7.48. The van der Waals surface area contributed by atoms with Crippen molar-refractivity contribution in [3.8, 4) is 0 Å². The fraction of sp³-hybridized carbons (Fsp3) is 0.588. The summed E-state index contributed by atoms with van der Waals surface area (Å²) < 4.78 is 0. The third-order valence-corrected chi connectivity index (χ3v) is 3.09. The Balaban J connectivity index is 2.46. The van der Waals surface area contributed by atoms with E-state index >= 15 is 0 Å². The predicted molar refractivity (Wildman–Crippen MR) is 86.5 cm³/mol. The van der Waals surface area contributed by atoms with Crippen molar-refractivity contribution in [3.63, 3.8) is 0 Å². The van der Waals surface area contributed by atoms with Gasteiger partial charge in [-0.15, -0.1) is 0 Å². The zero-order chi connectivity index (χ0) is 15.0. The lowest BCUT2D eigenvalue weighted by molar-refractivity contribution is 0.301. The molecular formula is C17H29N3. The summed E-state index contributed by atoms with van der Waals surface area (Å²) >= 11 is 0. The lowest BCUT2D eigenvalue weighted by Crippen LogP contribution is -2.25. The van der Waals surface area contributed by atoms with E-state index < -0.39 is 0 Å². The Hall–Kier alpha value is -1.19. The number of likely N-dealkylation sites (N-methyl/N-ethyl adjacent to an activating group) is 1. The van der Waals surface area contributed by atoms with E-state index in [1.54, 1.807) is 0 Å².